The average molecular weight is 565 g/mol. The van der Waals surface area contributed by atoms with Crippen LogP contribution < -0.4 is 38.9 Å². The number of aromatic hydroxyl groups is 1. The van der Waals surface area contributed by atoms with Crippen molar-refractivity contribution in [2.45, 2.75) is 70.1 Å². The lowest BCUT2D eigenvalue weighted by molar-refractivity contribution is -0.144. The van der Waals surface area contributed by atoms with E-state index in [1.807, 2.05) is 0 Å². The van der Waals surface area contributed by atoms with Gasteiger partial charge in [0.15, 0.2) is 5.96 Å². The van der Waals surface area contributed by atoms with Crippen LogP contribution in [0.4, 0.5) is 0 Å². The van der Waals surface area contributed by atoms with Crippen molar-refractivity contribution in [2.75, 3.05) is 6.54 Å². The van der Waals surface area contributed by atoms with Crippen LogP contribution in [0.2, 0.25) is 0 Å². The molecule has 0 saturated carbocycles. The number of hydrogen-bond acceptors (Lipinski definition) is 8. The fraction of sp³-hybridized carbons (Fsp3) is 0.520. The van der Waals surface area contributed by atoms with E-state index >= 15 is 0 Å². The molecule has 15 heteroatoms. The molecular formula is C25H40N8O7. The van der Waals surface area contributed by atoms with Gasteiger partial charge >= 0.3 is 5.97 Å². The van der Waals surface area contributed by atoms with Crippen molar-refractivity contribution in [1.82, 2.24) is 16.0 Å². The Morgan fingerprint density at radius 1 is 0.925 bits per heavy atom. The highest BCUT2D eigenvalue weighted by Crippen LogP contribution is 2.13. The minimum atomic E-state index is -1.32. The van der Waals surface area contributed by atoms with Crippen LogP contribution >= 0.6 is 0 Å². The van der Waals surface area contributed by atoms with Gasteiger partial charge in [0.05, 0.1) is 12.5 Å². The minimum absolute atomic E-state index is 0.0101. The number of amides is 4. The van der Waals surface area contributed by atoms with Gasteiger partial charge in [-0.2, -0.15) is 0 Å². The van der Waals surface area contributed by atoms with Crippen molar-refractivity contribution in [3.63, 3.8) is 0 Å². The van der Waals surface area contributed by atoms with Gasteiger partial charge in [0, 0.05) is 13.0 Å². The number of primary amides is 1. The van der Waals surface area contributed by atoms with Crippen molar-refractivity contribution in [1.29, 1.82) is 0 Å². The van der Waals surface area contributed by atoms with Crippen LogP contribution in [0.1, 0.15) is 45.1 Å². The second-order valence-electron chi connectivity index (χ2n) is 9.43. The molecule has 0 aliphatic rings. The molecule has 222 valence electrons. The number of nitrogens with zero attached hydrogens (tertiary/aromatic N) is 1. The van der Waals surface area contributed by atoms with E-state index < -0.39 is 66.1 Å². The lowest BCUT2D eigenvalue weighted by atomic mass is 9.98. The fourth-order valence-electron chi connectivity index (χ4n) is 3.65. The Morgan fingerprint density at radius 3 is 2.02 bits per heavy atom. The molecule has 40 heavy (non-hydrogen) atoms. The maximum absolute atomic E-state index is 13.4. The summed E-state index contributed by atoms with van der Waals surface area (Å²) in [5, 5.41) is 26.7. The summed E-state index contributed by atoms with van der Waals surface area (Å²) in [5.41, 5.74) is 22.1. The molecule has 4 amide bonds. The first-order valence-electron chi connectivity index (χ1n) is 12.8. The molecule has 15 nitrogen and oxygen atoms in total. The van der Waals surface area contributed by atoms with Crippen LogP contribution in [0.15, 0.2) is 29.3 Å². The average Bonchev–Trinajstić information content (AvgIpc) is 2.88. The molecule has 0 saturated heterocycles. The van der Waals surface area contributed by atoms with Gasteiger partial charge in [-0.1, -0.05) is 32.4 Å². The van der Waals surface area contributed by atoms with Gasteiger partial charge in [0.1, 0.15) is 23.9 Å². The number of carboxylic acids is 1. The lowest BCUT2D eigenvalue weighted by Gasteiger charge is -2.26. The topological polar surface area (TPSA) is 278 Å². The fourth-order valence-corrected chi connectivity index (χ4v) is 3.65. The van der Waals surface area contributed by atoms with Gasteiger partial charge in [0.25, 0.3) is 0 Å². The zero-order chi connectivity index (χ0) is 30.4. The van der Waals surface area contributed by atoms with Crippen molar-refractivity contribution in [3.8, 4) is 5.75 Å². The Balaban J connectivity index is 3.22. The number of phenolic OH excluding ortho intramolecular Hbond substituents is 1. The van der Waals surface area contributed by atoms with Crippen LogP contribution in [-0.2, 0) is 30.4 Å². The number of guanidine groups is 1. The number of carboxylic acid groups (broad SMARTS) is 1. The van der Waals surface area contributed by atoms with Crippen molar-refractivity contribution >= 4 is 35.6 Å². The lowest BCUT2D eigenvalue weighted by Crippen LogP contribution is -2.58. The van der Waals surface area contributed by atoms with Crippen LogP contribution in [0.3, 0.4) is 0 Å². The first-order valence-corrected chi connectivity index (χ1v) is 12.8. The maximum atomic E-state index is 13.4. The Morgan fingerprint density at radius 2 is 1.50 bits per heavy atom. The third kappa shape index (κ3) is 12.0. The van der Waals surface area contributed by atoms with E-state index in [0.717, 1.165) is 0 Å². The molecule has 0 fully saturated rings. The summed E-state index contributed by atoms with van der Waals surface area (Å²) in [4.78, 5) is 66.0. The molecule has 0 radical (unpaired) electrons. The maximum Gasteiger partial charge on any atom is 0.326 e. The Hall–Kier alpha value is -4.40. The zero-order valence-corrected chi connectivity index (χ0v) is 22.6. The molecule has 5 atom stereocenters. The molecule has 0 bridgehead atoms. The highest BCUT2D eigenvalue weighted by atomic mass is 16.4. The summed E-state index contributed by atoms with van der Waals surface area (Å²) in [6.07, 6.45) is 0.263. The third-order valence-corrected chi connectivity index (χ3v) is 6.12. The van der Waals surface area contributed by atoms with Crippen molar-refractivity contribution in [3.05, 3.63) is 29.8 Å². The molecular weight excluding hydrogens is 524 g/mol. The van der Waals surface area contributed by atoms with E-state index in [9.17, 15) is 34.2 Å². The van der Waals surface area contributed by atoms with Gasteiger partial charge in [-0.15, -0.1) is 0 Å². The quantitative estimate of drug-likeness (QED) is 0.0558. The molecule has 0 aliphatic carbocycles. The number of aliphatic imine (C=N–C) groups is 1. The van der Waals surface area contributed by atoms with Gasteiger partial charge in [-0.3, -0.25) is 24.2 Å². The van der Waals surface area contributed by atoms with E-state index in [4.69, 9.17) is 22.9 Å². The van der Waals surface area contributed by atoms with E-state index in [-0.39, 0.29) is 37.5 Å². The predicted molar refractivity (Wildman–Crippen MR) is 146 cm³/mol. The summed E-state index contributed by atoms with van der Waals surface area (Å²) >= 11 is 0. The van der Waals surface area contributed by atoms with E-state index in [1.165, 1.54) is 24.3 Å². The number of nitrogens with one attached hydrogen (secondary N) is 3. The molecule has 13 N–H and O–H groups in total. The number of carbonyl (C=O) groups excluding carboxylic acids is 4. The van der Waals surface area contributed by atoms with Crippen LogP contribution in [0.5, 0.6) is 5.75 Å². The third-order valence-electron chi connectivity index (χ3n) is 6.12. The number of carbonyl (C=O) groups is 5. The summed E-state index contributed by atoms with van der Waals surface area (Å²) in [6, 6.07) is 0.881. The number of benzene rings is 1. The summed E-state index contributed by atoms with van der Waals surface area (Å²) in [6.45, 7) is 3.59. The molecule has 1 aromatic carbocycles. The van der Waals surface area contributed by atoms with Gasteiger partial charge < -0.3 is 49.1 Å². The Kier molecular flexibility index (Phi) is 13.9. The normalized spacial score (nSPS) is 14.5. The smallest absolute Gasteiger partial charge is 0.326 e. The number of hydrogen-bond donors (Lipinski definition) is 9. The molecule has 0 heterocycles. The van der Waals surface area contributed by atoms with Crippen LogP contribution in [0.25, 0.3) is 0 Å². The van der Waals surface area contributed by atoms with Crippen molar-refractivity contribution in [2.24, 2.45) is 33.8 Å². The number of aliphatic carboxylic acids is 1. The standard InChI is InChI=1S/C25H40N8O7/c1-3-13(2)20(24(39)40)33-22(37)17(5-4-10-30-25(28)29)31-23(38)18(11-14-6-8-15(34)9-7-14)32-21(36)16(26)12-19(27)35/h6-9,13,16-18,20,34H,3-5,10-12,26H2,1-2H3,(H2,27,35)(H,31,38)(H,32,36)(H,33,37)(H,39,40)(H4,28,29,30). The molecule has 0 spiro atoms. The van der Waals surface area contributed by atoms with E-state index in [0.29, 0.717) is 12.0 Å². The Bertz CT molecular complexity index is 1060. The van der Waals surface area contributed by atoms with Gasteiger partial charge in [-0.05, 0) is 36.5 Å². The number of phenols is 1. The SMILES string of the molecule is CCC(C)C(NC(=O)C(CCCN=C(N)N)NC(=O)C(Cc1ccc(O)cc1)NC(=O)C(N)CC(N)=O)C(=O)O. The Labute approximate surface area is 232 Å². The number of nitrogens with two attached hydrogens (primary N) is 4. The van der Waals surface area contributed by atoms with Gasteiger partial charge in [0.2, 0.25) is 23.6 Å². The van der Waals surface area contributed by atoms with Crippen molar-refractivity contribution < 1.29 is 34.2 Å². The first-order chi connectivity index (χ1) is 18.7. The molecule has 0 aliphatic heterocycles. The molecule has 5 unspecified atom stereocenters. The second kappa shape index (κ2) is 16.5. The predicted octanol–water partition coefficient (Wildman–Crippen LogP) is -2.22. The van der Waals surface area contributed by atoms with Crippen LogP contribution in [0, 0.1) is 5.92 Å². The summed E-state index contributed by atoms with van der Waals surface area (Å²) in [5.74, 6) is -4.94. The first kappa shape index (κ1) is 33.6. The summed E-state index contributed by atoms with van der Waals surface area (Å²) in [7, 11) is 0. The molecule has 1 rings (SSSR count). The number of rotatable bonds is 17. The monoisotopic (exact) mass is 564 g/mol. The van der Waals surface area contributed by atoms with Gasteiger partial charge in [-0.25, -0.2) is 4.79 Å². The summed E-state index contributed by atoms with van der Waals surface area (Å²) < 4.78 is 0. The van der Waals surface area contributed by atoms with E-state index in [1.54, 1.807) is 13.8 Å². The highest BCUT2D eigenvalue weighted by molar-refractivity contribution is 5.95. The largest absolute Gasteiger partial charge is 0.508 e. The second-order valence-corrected chi connectivity index (χ2v) is 9.43. The zero-order valence-electron chi connectivity index (χ0n) is 22.6. The molecule has 1 aromatic rings. The highest BCUT2D eigenvalue weighted by Gasteiger charge is 2.32. The van der Waals surface area contributed by atoms with E-state index in [2.05, 4.69) is 20.9 Å². The molecule has 0 aromatic heterocycles. The van der Waals surface area contributed by atoms with Crippen LogP contribution in [-0.4, -0.2) is 76.5 Å². The minimum Gasteiger partial charge on any atom is -0.508 e.